The molecule has 7 nitrogen and oxygen atoms in total. The maximum atomic E-state index is 11.6. The van der Waals surface area contributed by atoms with Gasteiger partial charge in [0.2, 0.25) is 5.91 Å². The Hall–Kier alpha value is -2.02. The summed E-state index contributed by atoms with van der Waals surface area (Å²) in [4.78, 5) is 15.6. The van der Waals surface area contributed by atoms with E-state index in [4.69, 9.17) is 11.6 Å². The van der Waals surface area contributed by atoms with E-state index in [1.54, 1.807) is 25.2 Å². The van der Waals surface area contributed by atoms with Crippen molar-refractivity contribution < 1.29 is 4.79 Å². The number of tetrazole rings is 1. The lowest BCUT2D eigenvalue weighted by atomic mass is 10.3. The van der Waals surface area contributed by atoms with Gasteiger partial charge in [0.05, 0.1) is 6.42 Å². The van der Waals surface area contributed by atoms with Gasteiger partial charge in [0, 0.05) is 7.05 Å². The predicted molar refractivity (Wildman–Crippen MR) is 60.4 cm³/mol. The molecule has 0 atom stereocenters. The fraction of sp³-hybridized carbons (Fsp3) is 0.222. The summed E-state index contributed by atoms with van der Waals surface area (Å²) >= 11 is 5.70. The lowest BCUT2D eigenvalue weighted by Gasteiger charge is -2.03. The Morgan fingerprint density at radius 2 is 2.35 bits per heavy atom. The van der Waals surface area contributed by atoms with Crippen molar-refractivity contribution in [1.82, 2.24) is 25.2 Å². The molecule has 0 unspecified atom stereocenters. The first-order valence-electron chi connectivity index (χ1n) is 4.79. The van der Waals surface area contributed by atoms with E-state index in [0.717, 1.165) is 0 Å². The highest BCUT2D eigenvalue weighted by atomic mass is 35.5. The number of aromatic nitrogens is 5. The van der Waals surface area contributed by atoms with Crippen LogP contribution < -0.4 is 5.32 Å². The summed E-state index contributed by atoms with van der Waals surface area (Å²) in [5.41, 5.74) is 0. The van der Waals surface area contributed by atoms with Gasteiger partial charge in [-0.1, -0.05) is 17.7 Å². The highest BCUT2D eigenvalue weighted by Gasteiger charge is 2.09. The predicted octanol–water partition coefficient (Wildman–Crippen LogP) is 0.440. The van der Waals surface area contributed by atoms with Crippen molar-refractivity contribution in [2.45, 2.75) is 6.42 Å². The molecule has 0 saturated carbocycles. The van der Waals surface area contributed by atoms with E-state index in [9.17, 15) is 4.79 Å². The zero-order chi connectivity index (χ0) is 12.3. The molecule has 0 radical (unpaired) electrons. The highest BCUT2D eigenvalue weighted by molar-refractivity contribution is 6.29. The number of nitrogens with one attached hydrogen (secondary N) is 1. The second-order valence-corrected chi connectivity index (χ2v) is 3.68. The molecule has 1 amide bonds. The van der Waals surface area contributed by atoms with Gasteiger partial charge in [0.15, 0.2) is 5.82 Å². The summed E-state index contributed by atoms with van der Waals surface area (Å²) in [6.07, 6.45) is 0.0810. The van der Waals surface area contributed by atoms with Crippen LogP contribution in [0.1, 0.15) is 5.82 Å². The molecule has 2 aromatic rings. The second kappa shape index (κ2) is 4.88. The van der Waals surface area contributed by atoms with E-state index >= 15 is 0 Å². The molecule has 0 aliphatic carbocycles. The van der Waals surface area contributed by atoms with Crippen LogP contribution in [0.25, 0.3) is 0 Å². The van der Waals surface area contributed by atoms with Gasteiger partial charge in [-0.2, -0.15) is 0 Å². The summed E-state index contributed by atoms with van der Waals surface area (Å²) in [7, 11) is 1.67. The maximum absolute atomic E-state index is 11.6. The first kappa shape index (κ1) is 11.5. The number of anilines is 1. The topological polar surface area (TPSA) is 85.6 Å². The molecule has 1 N–H and O–H groups in total. The number of pyridine rings is 1. The first-order chi connectivity index (χ1) is 8.15. The molecule has 2 aromatic heterocycles. The minimum Gasteiger partial charge on any atom is -0.310 e. The van der Waals surface area contributed by atoms with Gasteiger partial charge in [-0.3, -0.25) is 4.79 Å². The minimum atomic E-state index is -0.252. The van der Waals surface area contributed by atoms with Crippen molar-refractivity contribution in [2.75, 3.05) is 5.32 Å². The molecule has 0 aromatic carbocycles. The molecule has 0 aliphatic heterocycles. The van der Waals surface area contributed by atoms with Crippen LogP contribution in [0.2, 0.25) is 5.15 Å². The van der Waals surface area contributed by atoms with E-state index in [1.165, 1.54) is 4.68 Å². The number of rotatable bonds is 3. The summed E-state index contributed by atoms with van der Waals surface area (Å²) < 4.78 is 1.44. The third-order valence-corrected chi connectivity index (χ3v) is 2.22. The third-order valence-electron chi connectivity index (χ3n) is 2.01. The molecular formula is C9H9ClN6O. The normalized spacial score (nSPS) is 10.2. The number of amides is 1. The van der Waals surface area contributed by atoms with E-state index in [0.29, 0.717) is 16.8 Å². The van der Waals surface area contributed by atoms with Crippen LogP contribution in [0, 0.1) is 0 Å². The molecule has 0 aliphatic rings. The van der Waals surface area contributed by atoms with E-state index < -0.39 is 0 Å². The molecule has 0 fully saturated rings. The number of hydrogen-bond acceptors (Lipinski definition) is 5. The Kier molecular flexibility index (Phi) is 3.29. The van der Waals surface area contributed by atoms with Gasteiger partial charge in [0.25, 0.3) is 0 Å². The zero-order valence-electron chi connectivity index (χ0n) is 8.96. The maximum Gasteiger partial charge on any atom is 0.233 e. The molecule has 2 rings (SSSR count). The minimum absolute atomic E-state index is 0.0810. The number of carbonyl (C=O) groups excluding carboxylic acids is 1. The molecule has 88 valence electrons. The van der Waals surface area contributed by atoms with Crippen LogP contribution >= 0.6 is 11.6 Å². The van der Waals surface area contributed by atoms with Gasteiger partial charge in [-0.25, -0.2) is 9.67 Å². The lowest BCUT2D eigenvalue weighted by Crippen LogP contribution is -2.17. The summed E-state index contributed by atoms with van der Waals surface area (Å²) in [5, 5.41) is 13.7. The molecule has 2 heterocycles. The number of nitrogens with zero attached hydrogens (tertiary/aromatic N) is 5. The Labute approximate surface area is 102 Å². The van der Waals surface area contributed by atoms with Gasteiger partial charge in [-0.15, -0.1) is 5.10 Å². The number of hydrogen-bond donors (Lipinski definition) is 1. The second-order valence-electron chi connectivity index (χ2n) is 3.29. The van der Waals surface area contributed by atoms with E-state index in [2.05, 4.69) is 25.8 Å². The quantitative estimate of drug-likeness (QED) is 0.801. The lowest BCUT2D eigenvalue weighted by molar-refractivity contribution is -0.115. The first-order valence-corrected chi connectivity index (χ1v) is 5.16. The molecule has 0 saturated heterocycles. The van der Waals surface area contributed by atoms with Gasteiger partial charge < -0.3 is 5.32 Å². The van der Waals surface area contributed by atoms with E-state index in [-0.39, 0.29) is 12.3 Å². The van der Waals surface area contributed by atoms with Gasteiger partial charge >= 0.3 is 0 Å². The van der Waals surface area contributed by atoms with Crippen molar-refractivity contribution in [3.63, 3.8) is 0 Å². The van der Waals surface area contributed by atoms with Crippen molar-refractivity contribution in [3.05, 3.63) is 29.2 Å². The largest absolute Gasteiger partial charge is 0.310 e. The van der Waals surface area contributed by atoms with Crippen LogP contribution in [0.4, 0.5) is 5.82 Å². The average molecular weight is 253 g/mol. The van der Waals surface area contributed by atoms with Crippen LogP contribution in [0.3, 0.4) is 0 Å². The Morgan fingerprint density at radius 1 is 1.53 bits per heavy atom. The molecule has 0 bridgehead atoms. The highest BCUT2D eigenvalue weighted by Crippen LogP contribution is 2.09. The summed E-state index contributed by atoms with van der Waals surface area (Å²) in [6.45, 7) is 0. The van der Waals surface area contributed by atoms with Crippen molar-refractivity contribution in [3.8, 4) is 0 Å². The van der Waals surface area contributed by atoms with Crippen molar-refractivity contribution in [1.29, 1.82) is 0 Å². The van der Waals surface area contributed by atoms with Crippen molar-refractivity contribution >= 4 is 23.3 Å². The molecule has 17 heavy (non-hydrogen) atoms. The smallest absolute Gasteiger partial charge is 0.233 e. The number of carbonyl (C=O) groups is 1. The van der Waals surface area contributed by atoms with Gasteiger partial charge in [0.1, 0.15) is 11.0 Å². The molecule has 0 spiro atoms. The Balaban J connectivity index is 2.01. The SMILES string of the molecule is Cn1nnnc1CC(=O)Nc1cccc(Cl)n1. The number of aryl methyl sites for hydroxylation is 1. The Morgan fingerprint density at radius 3 is 3.00 bits per heavy atom. The molecule has 8 heteroatoms. The Bertz CT molecular complexity index is 540. The van der Waals surface area contributed by atoms with E-state index in [1.807, 2.05) is 0 Å². The monoisotopic (exact) mass is 252 g/mol. The summed E-state index contributed by atoms with van der Waals surface area (Å²) in [6, 6.07) is 4.98. The van der Waals surface area contributed by atoms with Gasteiger partial charge in [-0.05, 0) is 22.6 Å². The average Bonchev–Trinajstić information content (AvgIpc) is 2.64. The van der Waals surface area contributed by atoms with Crippen molar-refractivity contribution in [2.24, 2.45) is 7.05 Å². The zero-order valence-corrected chi connectivity index (χ0v) is 9.72. The van der Waals surface area contributed by atoms with Crippen LogP contribution in [0.5, 0.6) is 0 Å². The standard InChI is InChI=1S/C9H9ClN6O/c1-16-8(13-14-15-16)5-9(17)12-7-4-2-3-6(10)11-7/h2-4H,5H2,1H3,(H,11,12,17). The third kappa shape index (κ3) is 2.97. The fourth-order valence-corrected chi connectivity index (χ4v) is 1.37. The number of halogens is 1. The fourth-order valence-electron chi connectivity index (χ4n) is 1.21. The summed E-state index contributed by atoms with van der Waals surface area (Å²) in [5.74, 6) is 0.625. The molecular weight excluding hydrogens is 244 g/mol. The van der Waals surface area contributed by atoms with Crippen LogP contribution in [-0.2, 0) is 18.3 Å². The van der Waals surface area contributed by atoms with Crippen LogP contribution in [-0.4, -0.2) is 31.1 Å². The van der Waals surface area contributed by atoms with Crippen LogP contribution in [0.15, 0.2) is 18.2 Å².